The largest absolute Gasteiger partial charge is 0.349 e. The summed E-state index contributed by atoms with van der Waals surface area (Å²) in [5.74, 6) is 0.221. The van der Waals surface area contributed by atoms with Gasteiger partial charge in [0.15, 0.2) is 5.79 Å². The molecule has 3 aliphatic rings. The molecule has 1 spiro atoms. The third-order valence-electron chi connectivity index (χ3n) is 4.72. The molecule has 0 unspecified atom stereocenters. The van der Waals surface area contributed by atoms with E-state index in [-0.39, 0.29) is 11.4 Å². The van der Waals surface area contributed by atoms with Gasteiger partial charge in [-0.15, -0.1) is 0 Å². The van der Waals surface area contributed by atoms with Crippen LogP contribution in [0.1, 0.15) is 65.2 Å². The van der Waals surface area contributed by atoms with Gasteiger partial charge in [-0.3, -0.25) is 0 Å². The van der Waals surface area contributed by atoms with Crippen LogP contribution in [0.5, 0.6) is 0 Å². The molecule has 3 rings (SSSR count). The van der Waals surface area contributed by atoms with E-state index in [0.717, 1.165) is 19.4 Å². The van der Waals surface area contributed by atoms with Crippen molar-refractivity contribution < 1.29 is 9.47 Å². The van der Waals surface area contributed by atoms with Crippen LogP contribution in [0.2, 0.25) is 0 Å². The van der Waals surface area contributed by atoms with Gasteiger partial charge in [-0.1, -0.05) is 11.6 Å². The fraction of sp³-hybridized carbons (Fsp3) is 0.875. The maximum Gasteiger partial charge on any atom is 0.175 e. The van der Waals surface area contributed by atoms with E-state index in [2.05, 4.69) is 19.9 Å². The second-order valence-electron chi connectivity index (χ2n) is 6.76. The Balaban J connectivity index is 1.87. The van der Waals surface area contributed by atoms with E-state index in [1.807, 2.05) is 0 Å². The first-order valence-corrected chi connectivity index (χ1v) is 7.64. The van der Waals surface area contributed by atoms with E-state index >= 15 is 0 Å². The first-order valence-electron chi connectivity index (χ1n) is 7.64. The van der Waals surface area contributed by atoms with E-state index in [0.29, 0.717) is 5.92 Å². The first kappa shape index (κ1) is 12.7. The Kier molecular flexibility index (Phi) is 3.27. The topological polar surface area (TPSA) is 18.5 Å². The molecule has 2 heteroatoms. The predicted molar refractivity (Wildman–Crippen MR) is 72.4 cm³/mol. The monoisotopic (exact) mass is 250 g/mol. The van der Waals surface area contributed by atoms with Crippen molar-refractivity contribution in [3.05, 3.63) is 11.6 Å². The summed E-state index contributed by atoms with van der Waals surface area (Å²) in [5, 5.41) is 0. The van der Waals surface area contributed by atoms with Gasteiger partial charge in [0.05, 0.1) is 12.2 Å². The van der Waals surface area contributed by atoms with E-state index in [1.54, 1.807) is 5.57 Å². The van der Waals surface area contributed by atoms with Crippen LogP contribution in [-0.2, 0) is 9.47 Å². The highest BCUT2D eigenvalue weighted by Crippen LogP contribution is 2.51. The first-order chi connectivity index (χ1) is 8.61. The Labute approximate surface area is 111 Å². The summed E-state index contributed by atoms with van der Waals surface area (Å²) in [6.07, 6.45) is 12.3. The molecule has 0 N–H and O–H groups in total. The minimum absolute atomic E-state index is 0.0275. The molecule has 2 aliphatic heterocycles. The summed E-state index contributed by atoms with van der Waals surface area (Å²) in [5.41, 5.74) is 1.59. The zero-order chi connectivity index (χ0) is 12.6. The molecule has 1 aliphatic carbocycles. The van der Waals surface area contributed by atoms with Gasteiger partial charge >= 0.3 is 0 Å². The Morgan fingerprint density at radius 1 is 1.17 bits per heavy atom. The Bertz CT molecular complexity index is 337. The number of allylic oxidation sites excluding steroid dienone is 1. The van der Waals surface area contributed by atoms with Crippen molar-refractivity contribution in [3.63, 3.8) is 0 Å². The van der Waals surface area contributed by atoms with Gasteiger partial charge in [0.2, 0.25) is 0 Å². The molecule has 2 fully saturated rings. The summed E-state index contributed by atoms with van der Waals surface area (Å²) < 4.78 is 12.5. The average molecular weight is 250 g/mol. The molecule has 18 heavy (non-hydrogen) atoms. The molecular formula is C16H26O2. The standard InChI is InChI=1S/C16H26O2/c1-15(2)12-14(13-8-4-3-5-9-13)16(18-15)10-6-7-11-17-16/h8,14H,3-7,9-12H2,1-2H3/t14-,16+/m0/s1. The van der Waals surface area contributed by atoms with Crippen LogP contribution >= 0.6 is 0 Å². The maximum absolute atomic E-state index is 6.38. The lowest BCUT2D eigenvalue weighted by molar-refractivity contribution is -0.273. The van der Waals surface area contributed by atoms with Crippen molar-refractivity contribution in [2.45, 2.75) is 76.6 Å². The zero-order valence-electron chi connectivity index (χ0n) is 11.8. The number of hydrogen-bond donors (Lipinski definition) is 0. The molecule has 102 valence electrons. The summed E-state index contributed by atoms with van der Waals surface area (Å²) in [7, 11) is 0. The third-order valence-corrected chi connectivity index (χ3v) is 4.72. The zero-order valence-corrected chi connectivity index (χ0v) is 11.8. The van der Waals surface area contributed by atoms with Gasteiger partial charge < -0.3 is 9.47 Å². The van der Waals surface area contributed by atoms with Gasteiger partial charge in [0.25, 0.3) is 0 Å². The molecule has 0 bridgehead atoms. The fourth-order valence-corrected chi connectivity index (χ4v) is 3.97. The Morgan fingerprint density at radius 2 is 2.06 bits per heavy atom. The van der Waals surface area contributed by atoms with Gasteiger partial charge in [0, 0.05) is 12.3 Å². The van der Waals surface area contributed by atoms with Crippen LogP contribution < -0.4 is 0 Å². The minimum Gasteiger partial charge on any atom is -0.349 e. The summed E-state index contributed by atoms with van der Waals surface area (Å²) >= 11 is 0. The van der Waals surface area contributed by atoms with Crippen LogP contribution in [0.15, 0.2) is 11.6 Å². The Morgan fingerprint density at radius 3 is 2.72 bits per heavy atom. The SMILES string of the molecule is CC1(C)C[C@@H](C2=CCCCC2)[C@@]2(CCCCO2)O1. The lowest BCUT2D eigenvalue weighted by Gasteiger charge is -2.40. The van der Waals surface area contributed by atoms with Crippen molar-refractivity contribution in [2.75, 3.05) is 6.61 Å². The summed E-state index contributed by atoms with van der Waals surface area (Å²) in [6.45, 7) is 5.31. The molecule has 0 aromatic rings. The molecule has 2 nitrogen and oxygen atoms in total. The number of rotatable bonds is 1. The molecule has 2 saturated heterocycles. The van der Waals surface area contributed by atoms with Crippen molar-refractivity contribution >= 4 is 0 Å². The van der Waals surface area contributed by atoms with Gasteiger partial charge in [-0.05, 0) is 58.8 Å². The van der Waals surface area contributed by atoms with Crippen LogP contribution in [0.4, 0.5) is 0 Å². The molecule has 0 aromatic heterocycles. The Hall–Kier alpha value is -0.340. The second-order valence-corrected chi connectivity index (χ2v) is 6.76. The maximum atomic E-state index is 6.38. The molecule has 0 amide bonds. The predicted octanol–water partition coefficient (Wildman–Crippen LogP) is 4.20. The molecule has 0 aromatic carbocycles. The van der Waals surface area contributed by atoms with Crippen molar-refractivity contribution in [1.82, 2.24) is 0 Å². The molecular weight excluding hydrogens is 224 g/mol. The minimum atomic E-state index is -0.287. The highest BCUT2D eigenvalue weighted by atomic mass is 16.7. The van der Waals surface area contributed by atoms with Crippen LogP contribution in [0.25, 0.3) is 0 Å². The molecule has 2 heterocycles. The van der Waals surface area contributed by atoms with Crippen LogP contribution in [0.3, 0.4) is 0 Å². The summed E-state index contributed by atoms with van der Waals surface area (Å²) in [6, 6.07) is 0. The van der Waals surface area contributed by atoms with Crippen LogP contribution in [0, 0.1) is 5.92 Å². The lowest BCUT2D eigenvalue weighted by Crippen LogP contribution is -2.43. The van der Waals surface area contributed by atoms with E-state index in [4.69, 9.17) is 9.47 Å². The van der Waals surface area contributed by atoms with E-state index in [1.165, 1.54) is 38.5 Å². The van der Waals surface area contributed by atoms with E-state index in [9.17, 15) is 0 Å². The van der Waals surface area contributed by atoms with Gasteiger partial charge in [0.1, 0.15) is 0 Å². The normalized spacial score (nSPS) is 39.9. The number of hydrogen-bond acceptors (Lipinski definition) is 2. The third kappa shape index (κ3) is 2.25. The number of ether oxygens (including phenoxy) is 2. The smallest absolute Gasteiger partial charge is 0.175 e. The fourth-order valence-electron chi connectivity index (χ4n) is 3.97. The van der Waals surface area contributed by atoms with Gasteiger partial charge in [-0.25, -0.2) is 0 Å². The average Bonchev–Trinajstić information content (AvgIpc) is 2.62. The molecule has 0 radical (unpaired) electrons. The van der Waals surface area contributed by atoms with Crippen molar-refractivity contribution in [1.29, 1.82) is 0 Å². The molecule has 2 atom stereocenters. The second kappa shape index (κ2) is 4.64. The highest BCUT2D eigenvalue weighted by molar-refractivity contribution is 5.17. The van der Waals surface area contributed by atoms with Gasteiger partial charge in [-0.2, -0.15) is 0 Å². The van der Waals surface area contributed by atoms with E-state index < -0.39 is 0 Å². The van der Waals surface area contributed by atoms with Crippen molar-refractivity contribution in [2.24, 2.45) is 5.92 Å². The van der Waals surface area contributed by atoms with Crippen LogP contribution in [-0.4, -0.2) is 18.0 Å². The molecule has 0 saturated carbocycles. The summed E-state index contributed by atoms with van der Waals surface area (Å²) in [4.78, 5) is 0. The lowest BCUT2D eigenvalue weighted by atomic mass is 9.79. The van der Waals surface area contributed by atoms with Crippen molar-refractivity contribution in [3.8, 4) is 0 Å². The quantitative estimate of drug-likeness (QED) is 0.649. The highest BCUT2D eigenvalue weighted by Gasteiger charge is 2.54.